The molecule has 2 heterocycles. The number of aryl methyl sites for hydroxylation is 2. The van der Waals surface area contributed by atoms with Crippen LogP contribution in [0.5, 0.6) is 0 Å². The van der Waals surface area contributed by atoms with E-state index >= 15 is 0 Å². The summed E-state index contributed by atoms with van der Waals surface area (Å²) in [4.78, 5) is 9.54. The molecule has 0 unspecified atom stereocenters. The van der Waals surface area contributed by atoms with E-state index in [2.05, 4.69) is 9.97 Å². The Balaban J connectivity index is 2.24. The molecule has 3 rings (SSSR count). The highest BCUT2D eigenvalue weighted by molar-refractivity contribution is 5.92. The van der Waals surface area contributed by atoms with Crippen molar-refractivity contribution in [3.05, 3.63) is 29.1 Å². The number of aromatic nitrogens is 2. The molecule has 0 bridgehead atoms. The number of benzene rings is 1. The summed E-state index contributed by atoms with van der Waals surface area (Å²) in [6.07, 6.45) is -4.72. The summed E-state index contributed by atoms with van der Waals surface area (Å²) in [5, 5.41) is 0.654. The lowest BCUT2D eigenvalue weighted by molar-refractivity contribution is -0.144. The molecule has 1 aromatic carbocycles. The predicted octanol–water partition coefficient (Wildman–Crippen LogP) is 3.88. The highest BCUT2D eigenvalue weighted by Crippen LogP contribution is 2.34. The largest absolute Gasteiger partial charge is 0.451 e. The Bertz CT molecular complexity index is 766. The van der Waals surface area contributed by atoms with Crippen LogP contribution in [0.15, 0.2) is 12.1 Å². The van der Waals surface area contributed by atoms with Gasteiger partial charge in [0.15, 0.2) is 0 Å². The van der Waals surface area contributed by atoms with Crippen molar-refractivity contribution >= 4 is 16.7 Å². The Hall–Kier alpha value is -1.89. The maximum absolute atomic E-state index is 13.3. The van der Waals surface area contributed by atoms with E-state index in [0.29, 0.717) is 35.4 Å². The van der Waals surface area contributed by atoms with Gasteiger partial charge in [0.2, 0.25) is 5.82 Å². The van der Waals surface area contributed by atoms with Gasteiger partial charge in [-0.05, 0) is 44.9 Å². The third-order valence-electron chi connectivity index (χ3n) is 4.09. The SMILES string of the molecule is Cc1cc(C)c2nc(C(F)(F)F)nc(N3C[C@@H](C)O[C@H](C)C3)c2c1. The van der Waals surface area contributed by atoms with E-state index in [9.17, 15) is 13.2 Å². The van der Waals surface area contributed by atoms with Crippen molar-refractivity contribution in [3.63, 3.8) is 0 Å². The van der Waals surface area contributed by atoms with Gasteiger partial charge in [-0.2, -0.15) is 13.2 Å². The van der Waals surface area contributed by atoms with Crippen LogP contribution in [0.25, 0.3) is 10.9 Å². The monoisotopic (exact) mass is 339 g/mol. The Kier molecular flexibility index (Phi) is 4.15. The molecule has 0 spiro atoms. The van der Waals surface area contributed by atoms with Gasteiger partial charge in [0.1, 0.15) is 5.82 Å². The number of fused-ring (bicyclic) bond motifs is 1. The van der Waals surface area contributed by atoms with Gasteiger partial charge >= 0.3 is 6.18 Å². The van der Waals surface area contributed by atoms with Crippen molar-refractivity contribution in [1.29, 1.82) is 0 Å². The van der Waals surface area contributed by atoms with E-state index in [0.717, 1.165) is 5.56 Å². The van der Waals surface area contributed by atoms with Gasteiger partial charge in [-0.15, -0.1) is 0 Å². The Morgan fingerprint density at radius 1 is 1.08 bits per heavy atom. The zero-order valence-corrected chi connectivity index (χ0v) is 14.1. The standard InChI is InChI=1S/C17H20F3N3O/c1-9-5-10(2)14-13(6-9)15(22-16(21-14)17(18,19)20)23-7-11(3)24-12(4)8-23/h5-6,11-12H,7-8H2,1-4H3/t11-,12-/m1/s1. The number of hydrogen-bond acceptors (Lipinski definition) is 4. The Morgan fingerprint density at radius 3 is 2.29 bits per heavy atom. The van der Waals surface area contributed by atoms with E-state index in [1.807, 2.05) is 37.8 Å². The van der Waals surface area contributed by atoms with E-state index in [1.54, 1.807) is 6.92 Å². The molecule has 0 N–H and O–H groups in total. The first-order chi connectivity index (χ1) is 11.1. The van der Waals surface area contributed by atoms with Crippen LogP contribution >= 0.6 is 0 Å². The minimum Gasteiger partial charge on any atom is -0.372 e. The van der Waals surface area contributed by atoms with Crippen LogP contribution in [0.2, 0.25) is 0 Å². The number of alkyl halides is 3. The van der Waals surface area contributed by atoms with Crippen molar-refractivity contribution in [1.82, 2.24) is 9.97 Å². The second-order valence-electron chi connectivity index (χ2n) is 6.51. The number of anilines is 1. The first kappa shape index (κ1) is 17.0. The molecule has 7 heteroatoms. The highest BCUT2D eigenvalue weighted by Gasteiger charge is 2.37. The molecule has 1 aliphatic rings. The van der Waals surface area contributed by atoms with Crippen molar-refractivity contribution in [3.8, 4) is 0 Å². The molecule has 1 saturated heterocycles. The lowest BCUT2D eigenvalue weighted by atomic mass is 10.1. The molecular weight excluding hydrogens is 319 g/mol. The molecule has 0 saturated carbocycles. The van der Waals surface area contributed by atoms with E-state index in [-0.39, 0.29) is 12.2 Å². The van der Waals surface area contributed by atoms with Gasteiger partial charge < -0.3 is 9.64 Å². The third-order valence-corrected chi connectivity index (χ3v) is 4.09. The molecule has 1 fully saturated rings. The summed E-state index contributed by atoms with van der Waals surface area (Å²) in [6.45, 7) is 8.51. The van der Waals surface area contributed by atoms with Crippen LogP contribution in [0.1, 0.15) is 30.8 Å². The zero-order valence-electron chi connectivity index (χ0n) is 14.1. The molecule has 2 atom stereocenters. The third kappa shape index (κ3) is 3.17. The summed E-state index contributed by atoms with van der Waals surface area (Å²) in [7, 11) is 0. The Labute approximate surface area is 138 Å². The molecule has 130 valence electrons. The first-order valence-corrected chi connectivity index (χ1v) is 7.91. The van der Waals surface area contributed by atoms with E-state index in [4.69, 9.17) is 4.74 Å². The topological polar surface area (TPSA) is 38.2 Å². The quantitative estimate of drug-likeness (QED) is 0.790. The zero-order chi connectivity index (χ0) is 17.6. The predicted molar refractivity (Wildman–Crippen MR) is 86.2 cm³/mol. The molecule has 1 aliphatic heterocycles. The van der Waals surface area contributed by atoms with Gasteiger partial charge in [0.05, 0.1) is 17.7 Å². The number of nitrogens with zero attached hydrogens (tertiary/aromatic N) is 3. The lowest BCUT2D eigenvalue weighted by Crippen LogP contribution is -2.46. The summed E-state index contributed by atoms with van der Waals surface area (Å²) < 4.78 is 45.5. The normalized spacial score (nSPS) is 22.2. The molecule has 0 aliphatic carbocycles. The fraction of sp³-hybridized carbons (Fsp3) is 0.529. The smallest absolute Gasteiger partial charge is 0.372 e. The van der Waals surface area contributed by atoms with Crippen LogP contribution in [0.3, 0.4) is 0 Å². The van der Waals surface area contributed by atoms with Crippen molar-refractivity contribution in [2.75, 3.05) is 18.0 Å². The van der Waals surface area contributed by atoms with Crippen molar-refractivity contribution in [2.45, 2.75) is 46.1 Å². The fourth-order valence-corrected chi connectivity index (χ4v) is 3.29. The molecule has 0 radical (unpaired) electrons. The highest BCUT2D eigenvalue weighted by atomic mass is 19.4. The first-order valence-electron chi connectivity index (χ1n) is 7.91. The summed E-state index contributed by atoms with van der Waals surface area (Å²) in [6, 6.07) is 3.69. The molecule has 1 aromatic heterocycles. The van der Waals surface area contributed by atoms with Crippen LogP contribution in [-0.4, -0.2) is 35.3 Å². The summed E-state index contributed by atoms with van der Waals surface area (Å²) in [5.41, 5.74) is 2.04. The summed E-state index contributed by atoms with van der Waals surface area (Å²) in [5.74, 6) is -0.759. The average molecular weight is 339 g/mol. The van der Waals surface area contributed by atoms with Gasteiger partial charge in [-0.3, -0.25) is 0 Å². The van der Waals surface area contributed by atoms with Crippen LogP contribution < -0.4 is 4.90 Å². The molecule has 4 nitrogen and oxygen atoms in total. The van der Waals surface area contributed by atoms with Gasteiger partial charge in [0, 0.05) is 18.5 Å². The number of halogens is 3. The molecular formula is C17H20F3N3O. The van der Waals surface area contributed by atoms with Gasteiger partial charge in [-0.1, -0.05) is 6.07 Å². The van der Waals surface area contributed by atoms with Crippen molar-refractivity contribution < 1.29 is 17.9 Å². The maximum atomic E-state index is 13.3. The number of rotatable bonds is 1. The number of morpholine rings is 1. The van der Waals surface area contributed by atoms with E-state index in [1.165, 1.54) is 0 Å². The second-order valence-corrected chi connectivity index (χ2v) is 6.51. The minimum atomic E-state index is -4.58. The van der Waals surface area contributed by atoms with Crippen LogP contribution in [0, 0.1) is 13.8 Å². The number of ether oxygens (including phenoxy) is 1. The number of hydrogen-bond donors (Lipinski definition) is 0. The Morgan fingerprint density at radius 2 is 1.71 bits per heavy atom. The molecule has 2 aromatic rings. The minimum absolute atomic E-state index is 0.0704. The van der Waals surface area contributed by atoms with Crippen molar-refractivity contribution in [2.24, 2.45) is 0 Å². The molecule has 0 amide bonds. The van der Waals surface area contributed by atoms with E-state index < -0.39 is 12.0 Å². The maximum Gasteiger partial charge on any atom is 0.451 e. The average Bonchev–Trinajstić information content (AvgIpc) is 2.44. The van der Waals surface area contributed by atoms with Gasteiger partial charge in [0.25, 0.3) is 0 Å². The van der Waals surface area contributed by atoms with Crippen LogP contribution in [0.4, 0.5) is 19.0 Å². The van der Waals surface area contributed by atoms with Gasteiger partial charge in [-0.25, -0.2) is 9.97 Å². The van der Waals surface area contributed by atoms with Crippen LogP contribution in [-0.2, 0) is 10.9 Å². The molecule has 24 heavy (non-hydrogen) atoms. The lowest BCUT2D eigenvalue weighted by Gasteiger charge is -2.36. The fourth-order valence-electron chi connectivity index (χ4n) is 3.29. The second kappa shape index (κ2) is 5.88. The summed E-state index contributed by atoms with van der Waals surface area (Å²) >= 11 is 0.